The minimum absolute atomic E-state index is 0.0508. The number of rotatable bonds is 9. The molecular formula is C24H31FN6O5S. The Labute approximate surface area is 215 Å². The van der Waals surface area contributed by atoms with Crippen LogP contribution in [0.25, 0.3) is 5.69 Å². The van der Waals surface area contributed by atoms with Crippen molar-refractivity contribution in [2.75, 3.05) is 18.9 Å². The molecule has 0 spiro atoms. The SMILES string of the molecule is COc1cccc(OC)c1-n1c(NS(=O)(=O)[C@@H](C)[C@H](C)c2ncc(F)cn2)nnc1[C@H]1CCC(C)(C)O1. The second kappa shape index (κ2) is 10.2. The number of ether oxygens (including phenoxy) is 3. The van der Waals surface area contributed by atoms with Crippen LogP contribution in [-0.4, -0.2) is 58.2 Å². The fourth-order valence-electron chi connectivity index (χ4n) is 4.26. The van der Waals surface area contributed by atoms with Gasteiger partial charge in [-0.1, -0.05) is 13.0 Å². The molecule has 3 aromatic rings. The number of para-hydroxylation sites is 1. The van der Waals surface area contributed by atoms with Gasteiger partial charge in [-0.3, -0.25) is 9.29 Å². The van der Waals surface area contributed by atoms with Gasteiger partial charge in [-0.15, -0.1) is 10.2 Å². The average Bonchev–Trinajstić information content (AvgIpc) is 3.44. The number of hydrogen-bond acceptors (Lipinski definition) is 9. The quantitative estimate of drug-likeness (QED) is 0.436. The first-order valence-electron chi connectivity index (χ1n) is 11.8. The van der Waals surface area contributed by atoms with E-state index in [0.29, 0.717) is 29.4 Å². The van der Waals surface area contributed by atoms with Crippen LogP contribution in [0.4, 0.5) is 10.3 Å². The monoisotopic (exact) mass is 534 g/mol. The van der Waals surface area contributed by atoms with E-state index in [-0.39, 0.29) is 17.4 Å². The zero-order valence-electron chi connectivity index (χ0n) is 21.6. The Morgan fingerprint density at radius 2 is 1.76 bits per heavy atom. The molecule has 0 radical (unpaired) electrons. The lowest BCUT2D eigenvalue weighted by atomic mass is 10.1. The van der Waals surface area contributed by atoms with Gasteiger partial charge in [0.15, 0.2) is 11.6 Å². The summed E-state index contributed by atoms with van der Waals surface area (Å²) < 4.78 is 61.8. The number of anilines is 1. The Morgan fingerprint density at radius 1 is 1.14 bits per heavy atom. The fourth-order valence-corrected chi connectivity index (χ4v) is 5.49. The summed E-state index contributed by atoms with van der Waals surface area (Å²) in [5.74, 6) is 0.175. The van der Waals surface area contributed by atoms with Crippen LogP contribution in [0.3, 0.4) is 0 Å². The summed E-state index contributed by atoms with van der Waals surface area (Å²) in [4.78, 5) is 7.88. The Hall–Kier alpha value is -3.32. The van der Waals surface area contributed by atoms with E-state index < -0.39 is 33.1 Å². The van der Waals surface area contributed by atoms with E-state index in [1.807, 2.05) is 13.8 Å². The van der Waals surface area contributed by atoms with Crippen molar-refractivity contribution in [3.8, 4) is 17.2 Å². The first-order chi connectivity index (χ1) is 17.5. The van der Waals surface area contributed by atoms with Crippen LogP contribution in [0, 0.1) is 5.82 Å². The number of hydrogen-bond donors (Lipinski definition) is 1. The minimum Gasteiger partial charge on any atom is -0.494 e. The van der Waals surface area contributed by atoms with Gasteiger partial charge in [0.2, 0.25) is 16.0 Å². The predicted molar refractivity (Wildman–Crippen MR) is 134 cm³/mol. The molecule has 13 heteroatoms. The number of sulfonamides is 1. The molecule has 4 rings (SSSR count). The van der Waals surface area contributed by atoms with Crippen molar-refractivity contribution < 1.29 is 27.0 Å². The molecule has 1 fully saturated rings. The molecule has 200 valence electrons. The molecule has 0 unspecified atom stereocenters. The molecule has 1 aliphatic heterocycles. The average molecular weight is 535 g/mol. The van der Waals surface area contributed by atoms with E-state index in [4.69, 9.17) is 14.2 Å². The van der Waals surface area contributed by atoms with E-state index in [0.717, 1.165) is 18.8 Å². The predicted octanol–water partition coefficient (Wildman–Crippen LogP) is 3.78. The standard InChI is InChI=1S/C24H31FN6O5S/c1-14(21-26-12-16(25)13-27-21)15(2)37(32,33)30-23-29-28-22(19-10-11-24(3,4)36-19)31(23)20-17(34-5)8-7-9-18(20)35-6/h7-9,12-15,19H,10-11H2,1-6H3,(H,29,30)/t14-,15-,19+/m0/s1. The molecule has 0 bridgehead atoms. The highest BCUT2D eigenvalue weighted by Gasteiger charge is 2.38. The molecule has 0 amide bonds. The lowest BCUT2D eigenvalue weighted by Crippen LogP contribution is -2.31. The Balaban J connectivity index is 1.78. The maximum Gasteiger partial charge on any atom is 0.243 e. The Morgan fingerprint density at radius 3 is 2.30 bits per heavy atom. The second-order valence-electron chi connectivity index (χ2n) is 9.53. The Kier molecular flexibility index (Phi) is 7.38. The van der Waals surface area contributed by atoms with E-state index in [1.54, 1.807) is 29.7 Å². The van der Waals surface area contributed by atoms with Crippen molar-refractivity contribution >= 4 is 16.0 Å². The van der Waals surface area contributed by atoms with Crippen LogP contribution in [0.1, 0.15) is 64.2 Å². The highest BCUT2D eigenvalue weighted by molar-refractivity contribution is 7.93. The maximum atomic E-state index is 13.5. The van der Waals surface area contributed by atoms with Gasteiger partial charge in [-0.2, -0.15) is 0 Å². The summed E-state index contributed by atoms with van der Waals surface area (Å²) in [6, 6.07) is 5.22. The summed E-state index contributed by atoms with van der Waals surface area (Å²) >= 11 is 0. The van der Waals surface area contributed by atoms with Crippen LogP contribution in [-0.2, 0) is 14.8 Å². The van der Waals surface area contributed by atoms with Crippen LogP contribution in [0.15, 0.2) is 30.6 Å². The fraction of sp³-hybridized carbons (Fsp3) is 0.500. The molecule has 1 aliphatic rings. The molecule has 1 saturated heterocycles. The van der Waals surface area contributed by atoms with Crippen molar-refractivity contribution in [2.45, 2.75) is 63.4 Å². The largest absolute Gasteiger partial charge is 0.494 e. The van der Waals surface area contributed by atoms with Crippen molar-refractivity contribution in [1.29, 1.82) is 0 Å². The topological polar surface area (TPSA) is 130 Å². The molecule has 1 aromatic carbocycles. The summed E-state index contributed by atoms with van der Waals surface area (Å²) in [7, 11) is -1.03. The molecule has 0 saturated carbocycles. The van der Waals surface area contributed by atoms with Crippen LogP contribution in [0.2, 0.25) is 0 Å². The Bertz CT molecular complexity index is 1340. The number of benzene rings is 1. The van der Waals surface area contributed by atoms with Gasteiger partial charge in [0.1, 0.15) is 29.1 Å². The molecular weight excluding hydrogens is 503 g/mol. The van der Waals surface area contributed by atoms with Crippen LogP contribution in [0.5, 0.6) is 11.5 Å². The number of nitrogens with zero attached hydrogens (tertiary/aromatic N) is 5. The molecule has 37 heavy (non-hydrogen) atoms. The van der Waals surface area contributed by atoms with Gasteiger partial charge >= 0.3 is 0 Å². The third-order valence-electron chi connectivity index (χ3n) is 6.55. The molecule has 1 N–H and O–H groups in total. The molecule has 0 aliphatic carbocycles. The molecule has 3 heterocycles. The molecule has 2 aromatic heterocycles. The number of nitrogens with one attached hydrogen (secondary N) is 1. The van der Waals surface area contributed by atoms with Crippen molar-refractivity contribution in [1.82, 2.24) is 24.7 Å². The van der Waals surface area contributed by atoms with Gasteiger partial charge in [0.05, 0.1) is 37.5 Å². The zero-order valence-corrected chi connectivity index (χ0v) is 22.4. The maximum absolute atomic E-state index is 13.5. The normalized spacial score (nSPS) is 18.8. The number of methoxy groups -OCH3 is 2. The van der Waals surface area contributed by atoms with Crippen molar-refractivity contribution in [3.63, 3.8) is 0 Å². The minimum atomic E-state index is -4.04. The second-order valence-corrected chi connectivity index (χ2v) is 11.6. The zero-order chi connectivity index (χ0) is 27.0. The van der Waals surface area contributed by atoms with Gasteiger partial charge in [0.25, 0.3) is 0 Å². The lowest BCUT2D eigenvalue weighted by Gasteiger charge is -2.23. The van der Waals surface area contributed by atoms with Gasteiger partial charge in [-0.25, -0.2) is 22.8 Å². The summed E-state index contributed by atoms with van der Waals surface area (Å²) in [6.45, 7) is 7.15. The van der Waals surface area contributed by atoms with Crippen molar-refractivity contribution in [2.24, 2.45) is 0 Å². The highest BCUT2D eigenvalue weighted by Crippen LogP contribution is 2.42. The smallest absolute Gasteiger partial charge is 0.243 e. The van der Waals surface area contributed by atoms with Crippen LogP contribution >= 0.6 is 0 Å². The third kappa shape index (κ3) is 5.37. The van der Waals surface area contributed by atoms with Crippen LogP contribution < -0.4 is 14.2 Å². The van der Waals surface area contributed by atoms with Crippen molar-refractivity contribution in [3.05, 3.63) is 48.1 Å². The van der Waals surface area contributed by atoms with Gasteiger partial charge in [-0.05, 0) is 45.7 Å². The first kappa shape index (κ1) is 26.7. The van der Waals surface area contributed by atoms with E-state index in [9.17, 15) is 12.8 Å². The first-order valence-corrected chi connectivity index (χ1v) is 13.4. The highest BCUT2D eigenvalue weighted by atomic mass is 32.2. The number of aromatic nitrogens is 5. The molecule has 3 atom stereocenters. The number of halogens is 1. The summed E-state index contributed by atoms with van der Waals surface area (Å²) in [5, 5.41) is 7.54. The summed E-state index contributed by atoms with van der Waals surface area (Å²) in [6.07, 6.45) is 3.04. The third-order valence-corrected chi connectivity index (χ3v) is 8.40. The lowest BCUT2D eigenvalue weighted by molar-refractivity contribution is -0.0207. The van der Waals surface area contributed by atoms with Gasteiger partial charge in [0, 0.05) is 5.92 Å². The molecule has 11 nitrogen and oxygen atoms in total. The van der Waals surface area contributed by atoms with E-state index in [1.165, 1.54) is 21.1 Å². The van der Waals surface area contributed by atoms with Gasteiger partial charge < -0.3 is 14.2 Å². The van der Waals surface area contributed by atoms with E-state index >= 15 is 0 Å². The summed E-state index contributed by atoms with van der Waals surface area (Å²) in [5.41, 5.74) is 0.0616. The van der Waals surface area contributed by atoms with E-state index in [2.05, 4.69) is 24.9 Å².